The first-order valence-corrected chi connectivity index (χ1v) is 6.16. The van der Waals surface area contributed by atoms with E-state index < -0.39 is 0 Å². The highest BCUT2D eigenvalue weighted by Crippen LogP contribution is 2.06. The number of methoxy groups -OCH3 is 1. The van der Waals surface area contributed by atoms with Gasteiger partial charge in [-0.2, -0.15) is 0 Å². The van der Waals surface area contributed by atoms with Crippen molar-refractivity contribution < 1.29 is 9.53 Å². The van der Waals surface area contributed by atoms with E-state index in [2.05, 4.69) is 13.5 Å². The first kappa shape index (κ1) is 15.2. The smallest absolute Gasteiger partial charge is 0.247 e. The van der Waals surface area contributed by atoms with E-state index in [0.717, 1.165) is 13.0 Å². The van der Waals surface area contributed by atoms with Crippen molar-refractivity contribution in [2.45, 2.75) is 45.4 Å². The van der Waals surface area contributed by atoms with Gasteiger partial charge in [-0.3, -0.25) is 4.79 Å². The second-order valence-corrected chi connectivity index (χ2v) is 3.99. The largest absolute Gasteiger partial charge is 0.364 e. The molecule has 0 aromatic carbocycles. The fourth-order valence-electron chi connectivity index (χ4n) is 1.61. The van der Waals surface area contributed by atoms with E-state index in [9.17, 15) is 4.79 Å². The lowest BCUT2D eigenvalue weighted by Crippen LogP contribution is -2.32. The van der Waals surface area contributed by atoms with Crippen LogP contribution in [-0.2, 0) is 9.53 Å². The monoisotopic (exact) mass is 227 g/mol. The van der Waals surface area contributed by atoms with Crippen LogP contribution in [-0.4, -0.2) is 31.2 Å². The van der Waals surface area contributed by atoms with Gasteiger partial charge in [0.25, 0.3) is 0 Å². The summed E-state index contributed by atoms with van der Waals surface area (Å²) >= 11 is 0. The van der Waals surface area contributed by atoms with Gasteiger partial charge in [-0.05, 0) is 12.5 Å². The summed E-state index contributed by atoms with van der Waals surface area (Å²) < 4.78 is 4.98. The van der Waals surface area contributed by atoms with Crippen molar-refractivity contribution in [1.29, 1.82) is 0 Å². The number of ether oxygens (including phenoxy) is 1. The highest BCUT2D eigenvalue weighted by molar-refractivity contribution is 5.86. The molecular weight excluding hydrogens is 202 g/mol. The molecule has 0 unspecified atom stereocenters. The van der Waals surface area contributed by atoms with Gasteiger partial charge < -0.3 is 9.64 Å². The molecule has 0 aliphatic rings. The van der Waals surface area contributed by atoms with Crippen LogP contribution in [0.2, 0.25) is 0 Å². The second-order valence-electron chi connectivity index (χ2n) is 3.99. The summed E-state index contributed by atoms with van der Waals surface area (Å²) in [5, 5.41) is 0. The van der Waals surface area contributed by atoms with Crippen LogP contribution in [0.4, 0.5) is 0 Å². The number of nitrogens with zero attached hydrogens (tertiary/aromatic N) is 1. The molecule has 0 atom stereocenters. The lowest BCUT2D eigenvalue weighted by molar-refractivity contribution is -0.130. The minimum atomic E-state index is -0.0459. The molecule has 0 rings (SSSR count). The van der Waals surface area contributed by atoms with Crippen LogP contribution < -0.4 is 0 Å². The van der Waals surface area contributed by atoms with Crippen LogP contribution >= 0.6 is 0 Å². The quantitative estimate of drug-likeness (QED) is 0.326. The van der Waals surface area contributed by atoms with E-state index >= 15 is 0 Å². The topological polar surface area (TPSA) is 29.5 Å². The maximum Gasteiger partial charge on any atom is 0.247 e. The van der Waals surface area contributed by atoms with Gasteiger partial charge in [-0.1, -0.05) is 45.6 Å². The Bertz CT molecular complexity index is 192. The second kappa shape index (κ2) is 10.7. The van der Waals surface area contributed by atoms with Crippen molar-refractivity contribution in [3.8, 4) is 0 Å². The number of hydrogen-bond acceptors (Lipinski definition) is 2. The minimum absolute atomic E-state index is 0.0459. The van der Waals surface area contributed by atoms with Crippen molar-refractivity contribution in [1.82, 2.24) is 4.90 Å². The molecule has 0 aliphatic carbocycles. The Morgan fingerprint density at radius 2 is 1.88 bits per heavy atom. The first-order valence-electron chi connectivity index (χ1n) is 6.16. The number of carbonyl (C=O) groups excluding carboxylic acids is 1. The third-order valence-electron chi connectivity index (χ3n) is 2.55. The number of hydrogen-bond donors (Lipinski definition) is 0. The van der Waals surface area contributed by atoms with E-state index in [-0.39, 0.29) is 5.91 Å². The summed E-state index contributed by atoms with van der Waals surface area (Å²) in [5.74, 6) is -0.0459. The van der Waals surface area contributed by atoms with Crippen LogP contribution in [0.25, 0.3) is 0 Å². The zero-order chi connectivity index (χ0) is 12.2. The standard InChI is InChI=1S/C13H25NO2/c1-4-6-7-8-9-10-11-14(12-16-3)13(15)5-2/h5H,2,4,6-12H2,1,3H3. The molecule has 0 bridgehead atoms. The molecule has 0 aromatic heterocycles. The van der Waals surface area contributed by atoms with Crippen LogP contribution in [0.15, 0.2) is 12.7 Å². The van der Waals surface area contributed by atoms with Crippen molar-refractivity contribution >= 4 is 5.91 Å². The highest BCUT2D eigenvalue weighted by atomic mass is 16.5. The van der Waals surface area contributed by atoms with E-state index in [1.807, 2.05) is 0 Å². The van der Waals surface area contributed by atoms with Gasteiger partial charge in [-0.25, -0.2) is 0 Å². The van der Waals surface area contributed by atoms with Gasteiger partial charge in [0.05, 0.1) is 0 Å². The Hall–Kier alpha value is -0.830. The number of unbranched alkanes of at least 4 members (excludes halogenated alkanes) is 5. The molecular formula is C13H25NO2. The molecule has 94 valence electrons. The summed E-state index contributed by atoms with van der Waals surface area (Å²) in [6, 6.07) is 0. The molecule has 0 saturated heterocycles. The number of rotatable bonds is 10. The average Bonchev–Trinajstić information content (AvgIpc) is 2.31. The maximum atomic E-state index is 11.4. The molecule has 1 amide bonds. The van der Waals surface area contributed by atoms with E-state index in [0.29, 0.717) is 6.73 Å². The van der Waals surface area contributed by atoms with Gasteiger partial charge in [0.15, 0.2) is 0 Å². The predicted molar refractivity (Wildman–Crippen MR) is 67.2 cm³/mol. The molecule has 3 nitrogen and oxygen atoms in total. The Morgan fingerprint density at radius 1 is 1.25 bits per heavy atom. The van der Waals surface area contributed by atoms with Crippen LogP contribution in [0, 0.1) is 0 Å². The Kier molecular flexibility index (Phi) is 10.1. The lowest BCUT2D eigenvalue weighted by Gasteiger charge is -2.19. The zero-order valence-corrected chi connectivity index (χ0v) is 10.7. The van der Waals surface area contributed by atoms with Crippen LogP contribution in [0.3, 0.4) is 0 Å². The lowest BCUT2D eigenvalue weighted by atomic mass is 10.1. The zero-order valence-electron chi connectivity index (χ0n) is 10.7. The third kappa shape index (κ3) is 7.46. The normalized spacial score (nSPS) is 10.1. The van der Waals surface area contributed by atoms with E-state index in [1.165, 1.54) is 38.2 Å². The van der Waals surface area contributed by atoms with Crippen molar-refractivity contribution in [2.75, 3.05) is 20.4 Å². The molecule has 0 aliphatic heterocycles. The molecule has 0 N–H and O–H groups in total. The van der Waals surface area contributed by atoms with Crippen LogP contribution in [0.1, 0.15) is 45.4 Å². The minimum Gasteiger partial charge on any atom is -0.364 e. The highest BCUT2D eigenvalue weighted by Gasteiger charge is 2.08. The Morgan fingerprint density at radius 3 is 2.44 bits per heavy atom. The SMILES string of the molecule is C=CC(=O)N(CCCCCCCC)COC. The summed E-state index contributed by atoms with van der Waals surface area (Å²) in [6.45, 7) is 6.83. The Labute approximate surface area is 99.5 Å². The summed E-state index contributed by atoms with van der Waals surface area (Å²) in [6.07, 6.45) is 8.72. The van der Waals surface area contributed by atoms with Crippen LogP contribution in [0.5, 0.6) is 0 Å². The van der Waals surface area contributed by atoms with Crippen molar-refractivity contribution in [2.24, 2.45) is 0 Å². The fraction of sp³-hybridized carbons (Fsp3) is 0.769. The van der Waals surface area contributed by atoms with Crippen molar-refractivity contribution in [3.63, 3.8) is 0 Å². The van der Waals surface area contributed by atoms with Gasteiger partial charge in [0.2, 0.25) is 5.91 Å². The predicted octanol–water partition coefficient (Wildman–Crippen LogP) is 2.97. The average molecular weight is 227 g/mol. The van der Waals surface area contributed by atoms with E-state index in [1.54, 1.807) is 12.0 Å². The maximum absolute atomic E-state index is 11.4. The van der Waals surface area contributed by atoms with Crippen molar-refractivity contribution in [3.05, 3.63) is 12.7 Å². The summed E-state index contributed by atoms with van der Waals surface area (Å²) in [4.78, 5) is 13.1. The molecule has 0 saturated carbocycles. The number of amides is 1. The summed E-state index contributed by atoms with van der Waals surface area (Å²) in [7, 11) is 1.60. The molecule has 0 radical (unpaired) electrons. The molecule has 3 heteroatoms. The van der Waals surface area contributed by atoms with Gasteiger partial charge in [-0.15, -0.1) is 0 Å². The van der Waals surface area contributed by atoms with Gasteiger partial charge >= 0.3 is 0 Å². The third-order valence-corrected chi connectivity index (χ3v) is 2.55. The van der Waals surface area contributed by atoms with Gasteiger partial charge in [0, 0.05) is 13.7 Å². The first-order chi connectivity index (χ1) is 7.76. The fourth-order valence-corrected chi connectivity index (χ4v) is 1.61. The number of carbonyl (C=O) groups is 1. The Balaban J connectivity index is 3.60. The molecule has 0 spiro atoms. The molecule has 16 heavy (non-hydrogen) atoms. The molecule has 0 aromatic rings. The van der Waals surface area contributed by atoms with Gasteiger partial charge in [0.1, 0.15) is 6.73 Å². The molecule has 0 heterocycles. The molecule has 0 fully saturated rings. The van der Waals surface area contributed by atoms with E-state index in [4.69, 9.17) is 4.74 Å². The summed E-state index contributed by atoms with van der Waals surface area (Å²) in [5.41, 5.74) is 0.